The number of thiophene rings is 1. The van der Waals surface area contributed by atoms with E-state index in [0.717, 1.165) is 0 Å². The summed E-state index contributed by atoms with van der Waals surface area (Å²) >= 11 is 3.62. The largest absolute Gasteiger partial charge is 0.389 e. The van der Waals surface area contributed by atoms with E-state index >= 15 is 0 Å². The zero-order valence-corrected chi connectivity index (χ0v) is 10.3. The summed E-state index contributed by atoms with van der Waals surface area (Å²) in [5.41, 5.74) is -0.0379. The molecule has 1 aromatic rings. The van der Waals surface area contributed by atoms with Gasteiger partial charge in [0.1, 0.15) is 6.10 Å². The predicted octanol–water partition coefficient (Wildman–Crippen LogP) is 1.26. The van der Waals surface area contributed by atoms with Crippen LogP contribution in [0.3, 0.4) is 0 Å². The number of aliphatic hydroxyl groups is 2. The van der Waals surface area contributed by atoms with Gasteiger partial charge in [-0.05, 0) is 6.07 Å². The molecule has 0 bridgehead atoms. The van der Waals surface area contributed by atoms with Gasteiger partial charge in [-0.3, -0.25) is 14.9 Å². The van der Waals surface area contributed by atoms with E-state index < -0.39 is 17.1 Å². The summed E-state index contributed by atoms with van der Waals surface area (Å²) in [6, 6.07) is 1.21. The van der Waals surface area contributed by atoms with Gasteiger partial charge in [0.05, 0.1) is 21.5 Å². The molecular formula is C8H8BrNO5S. The molecule has 2 N–H and O–H groups in total. The maximum atomic E-state index is 10.7. The number of nitrogens with zero attached hydrogens (tertiary/aromatic N) is 1. The second-order valence-corrected chi connectivity index (χ2v) is 4.66. The Balaban J connectivity index is 3.15. The van der Waals surface area contributed by atoms with Crippen molar-refractivity contribution in [3.05, 3.63) is 26.6 Å². The van der Waals surface area contributed by atoms with Crippen LogP contribution >= 0.6 is 27.3 Å². The Morgan fingerprint density at radius 3 is 2.69 bits per heavy atom. The molecule has 0 radical (unpaired) electrons. The number of hydrogen-bond donors (Lipinski definition) is 2. The molecule has 0 aliphatic heterocycles. The molecule has 1 rings (SSSR count). The highest BCUT2D eigenvalue weighted by Crippen LogP contribution is 2.35. The minimum absolute atomic E-state index is 0.0379. The van der Waals surface area contributed by atoms with E-state index in [4.69, 9.17) is 0 Å². The van der Waals surface area contributed by atoms with Crippen LogP contribution in [0, 0.1) is 10.1 Å². The molecule has 0 aliphatic carbocycles. The number of hydrogen-bond acceptors (Lipinski definition) is 6. The standard InChI is InChI=1S/C8H8BrNO5S/c9-2-6(12)7(13)5-1-4(3-11)16-8(5)10(14)15/h1,3,6-7,12-13H,2H2. The highest BCUT2D eigenvalue weighted by molar-refractivity contribution is 9.09. The molecular weight excluding hydrogens is 302 g/mol. The van der Waals surface area contributed by atoms with Crippen LogP contribution in [0.4, 0.5) is 5.00 Å². The van der Waals surface area contributed by atoms with E-state index in [-0.39, 0.29) is 20.8 Å². The van der Waals surface area contributed by atoms with E-state index in [1.165, 1.54) is 6.07 Å². The molecule has 2 atom stereocenters. The molecule has 0 aliphatic rings. The molecule has 0 amide bonds. The van der Waals surface area contributed by atoms with Gasteiger partial charge in [0.15, 0.2) is 6.29 Å². The van der Waals surface area contributed by atoms with Crippen LogP contribution in [0.5, 0.6) is 0 Å². The van der Waals surface area contributed by atoms with Crippen LogP contribution in [0.25, 0.3) is 0 Å². The first-order chi connectivity index (χ1) is 7.51. The first kappa shape index (κ1) is 13.2. The summed E-state index contributed by atoms with van der Waals surface area (Å²) in [6.45, 7) is 0. The smallest absolute Gasteiger partial charge is 0.330 e. The molecule has 0 saturated heterocycles. The number of nitro groups is 1. The van der Waals surface area contributed by atoms with Gasteiger partial charge >= 0.3 is 5.00 Å². The topological polar surface area (TPSA) is 101 Å². The minimum Gasteiger partial charge on any atom is -0.389 e. The zero-order chi connectivity index (χ0) is 12.3. The molecule has 88 valence electrons. The lowest BCUT2D eigenvalue weighted by molar-refractivity contribution is -0.381. The first-order valence-electron chi connectivity index (χ1n) is 4.16. The van der Waals surface area contributed by atoms with Crippen LogP contribution < -0.4 is 0 Å². The van der Waals surface area contributed by atoms with E-state index in [1.807, 2.05) is 0 Å². The van der Waals surface area contributed by atoms with Gasteiger partial charge in [0.25, 0.3) is 0 Å². The average Bonchev–Trinajstić information content (AvgIpc) is 2.71. The van der Waals surface area contributed by atoms with Gasteiger partial charge < -0.3 is 10.2 Å². The highest BCUT2D eigenvalue weighted by atomic mass is 79.9. The lowest BCUT2D eigenvalue weighted by Crippen LogP contribution is -2.19. The van der Waals surface area contributed by atoms with Crippen LogP contribution in [0.15, 0.2) is 6.07 Å². The van der Waals surface area contributed by atoms with Crippen molar-refractivity contribution in [1.29, 1.82) is 0 Å². The van der Waals surface area contributed by atoms with Crippen LogP contribution in [0.2, 0.25) is 0 Å². The number of halogens is 1. The van der Waals surface area contributed by atoms with Gasteiger partial charge in [-0.2, -0.15) is 0 Å². The average molecular weight is 310 g/mol. The van der Waals surface area contributed by atoms with Gasteiger partial charge in [-0.15, -0.1) is 0 Å². The second kappa shape index (κ2) is 5.48. The highest BCUT2D eigenvalue weighted by Gasteiger charge is 2.28. The zero-order valence-electron chi connectivity index (χ0n) is 7.87. The van der Waals surface area contributed by atoms with Gasteiger partial charge in [-0.25, -0.2) is 0 Å². The third kappa shape index (κ3) is 2.64. The molecule has 1 aromatic heterocycles. The fraction of sp³-hybridized carbons (Fsp3) is 0.375. The first-order valence-corrected chi connectivity index (χ1v) is 6.10. The maximum absolute atomic E-state index is 10.7. The summed E-state index contributed by atoms with van der Waals surface area (Å²) in [5, 5.41) is 29.4. The Bertz CT molecular complexity index is 407. The summed E-state index contributed by atoms with van der Waals surface area (Å²) in [5.74, 6) is 0. The molecule has 8 heteroatoms. The lowest BCUT2D eigenvalue weighted by atomic mass is 10.1. The SMILES string of the molecule is O=Cc1cc(C(O)C(O)CBr)c([N+](=O)[O-])s1. The van der Waals surface area contributed by atoms with Crippen LogP contribution in [0.1, 0.15) is 21.3 Å². The summed E-state index contributed by atoms with van der Waals surface area (Å²) in [4.78, 5) is 20.6. The second-order valence-electron chi connectivity index (χ2n) is 2.95. The van der Waals surface area contributed by atoms with Crippen molar-refractivity contribution in [2.24, 2.45) is 0 Å². The van der Waals surface area contributed by atoms with Gasteiger partial charge in [0, 0.05) is 5.33 Å². The molecule has 0 spiro atoms. The number of carbonyl (C=O) groups is 1. The molecule has 6 nitrogen and oxygen atoms in total. The predicted molar refractivity (Wildman–Crippen MR) is 61.1 cm³/mol. The molecule has 1 heterocycles. The number of carbonyl (C=O) groups excluding carboxylic acids is 1. The number of aldehydes is 1. The van der Waals surface area contributed by atoms with Crippen molar-refractivity contribution >= 4 is 38.6 Å². The van der Waals surface area contributed by atoms with Crippen molar-refractivity contribution in [2.75, 3.05) is 5.33 Å². The third-order valence-electron chi connectivity index (χ3n) is 1.88. The number of rotatable bonds is 5. The number of alkyl halides is 1. The normalized spacial score (nSPS) is 14.4. The Kier molecular flexibility index (Phi) is 4.54. The third-order valence-corrected chi connectivity index (χ3v) is 3.57. The van der Waals surface area contributed by atoms with E-state index in [9.17, 15) is 25.1 Å². The monoisotopic (exact) mass is 309 g/mol. The van der Waals surface area contributed by atoms with Gasteiger partial charge in [0.2, 0.25) is 0 Å². The van der Waals surface area contributed by atoms with Crippen LogP contribution in [-0.4, -0.2) is 32.9 Å². The quantitative estimate of drug-likeness (QED) is 0.369. The molecule has 0 saturated carbocycles. The van der Waals surface area contributed by atoms with Crippen molar-refractivity contribution in [3.63, 3.8) is 0 Å². The van der Waals surface area contributed by atoms with E-state index in [1.54, 1.807) is 0 Å². The van der Waals surface area contributed by atoms with Crippen molar-refractivity contribution in [3.8, 4) is 0 Å². The number of aliphatic hydroxyl groups excluding tert-OH is 2. The van der Waals surface area contributed by atoms with Crippen LogP contribution in [-0.2, 0) is 0 Å². The maximum Gasteiger partial charge on any atom is 0.330 e. The van der Waals surface area contributed by atoms with E-state index in [2.05, 4.69) is 15.9 Å². The molecule has 2 unspecified atom stereocenters. The Labute approximate surface area is 103 Å². The Hall–Kier alpha value is -0.830. The fourth-order valence-corrected chi connectivity index (χ4v) is 2.30. The summed E-state index contributed by atoms with van der Waals surface area (Å²) < 4.78 is 0. The molecule has 0 fully saturated rings. The Morgan fingerprint density at radius 2 is 2.25 bits per heavy atom. The van der Waals surface area contributed by atoms with E-state index in [0.29, 0.717) is 17.6 Å². The minimum atomic E-state index is -1.38. The molecule has 0 aromatic carbocycles. The lowest BCUT2D eigenvalue weighted by Gasteiger charge is -2.13. The van der Waals surface area contributed by atoms with Crippen molar-refractivity contribution in [2.45, 2.75) is 12.2 Å². The van der Waals surface area contributed by atoms with Crippen molar-refractivity contribution in [1.82, 2.24) is 0 Å². The summed E-state index contributed by atoms with van der Waals surface area (Å²) in [6.07, 6.45) is -2.08. The van der Waals surface area contributed by atoms with Crippen molar-refractivity contribution < 1.29 is 19.9 Å². The summed E-state index contributed by atoms with van der Waals surface area (Å²) in [7, 11) is 0. The van der Waals surface area contributed by atoms with Gasteiger partial charge in [-0.1, -0.05) is 27.3 Å². The molecule has 16 heavy (non-hydrogen) atoms. The Morgan fingerprint density at radius 1 is 1.62 bits per heavy atom. The fourth-order valence-electron chi connectivity index (χ4n) is 1.12.